The van der Waals surface area contributed by atoms with E-state index in [1.165, 1.54) is 41.3 Å². The van der Waals surface area contributed by atoms with Gasteiger partial charge >= 0.3 is 0 Å². The minimum atomic E-state index is 0.822. The predicted octanol–water partition coefficient (Wildman–Crippen LogP) is 4.69. The van der Waals surface area contributed by atoms with Crippen molar-refractivity contribution in [3.8, 4) is 11.1 Å². The van der Waals surface area contributed by atoms with Gasteiger partial charge in [-0.3, -0.25) is 0 Å². The van der Waals surface area contributed by atoms with Crippen LogP contribution in [0, 0.1) is 5.92 Å². The zero-order chi connectivity index (χ0) is 14.8. The topological polar surface area (TPSA) is 0 Å². The van der Waals surface area contributed by atoms with Crippen molar-refractivity contribution < 1.29 is 0 Å². The average Bonchev–Trinajstić information content (AvgIpc) is 2.96. The summed E-state index contributed by atoms with van der Waals surface area (Å²) in [7, 11) is 8.58. The van der Waals surface area contributed by atoms with Crippen molar-refractivity contribution in [1.29, 1.82) is 0 Å². The molecule has 4 unspecified atom stereocenters. The number of benzene rings is 2. The summed E-state index contributed by atoms with van der Waals surface area (Å²) >= 11 is 0. The lowest BCUT2D eigenvalue weighted by Crippen LogP contribution is -1.99. The van der Waals surface area contributed by atoms with E-state index in [4.69, 9.17) is 0 Å². The van der Waals surface area contributed by atoms with Gasteiger partial charge in [0.25, 0.3) is 0 Å². The van der Waals surface area contributed by atoms with Crippen LogP contribution in [0.2, 0.25) is 0 Å². The van der Waals surface area contributed by atoms with E-state index in [0.29, 0.717) is 0 Å². The second kappa shape index (κ2) is 6.87. The molecule has 1 aliphatic carbocycles. The second-order valence-corrected chi connectivity index (χ2v) is 7.17. The summed E-state index contributed by atoms with van der Waals surface area (Å²) in [6, 6.07) is 14.0. The molecular formula is C18H23P3. The minimum Gasteiger partial charge on any atom is -0.137 e. The fourth-order valence-electron chi connectivity index (χ4n) is 3.25. The molecule has 0 heterocycles. The first-order valence-corrected chi connectivity index (χ1v) is 10.0. The monoisotopic (exact) mass is 332 g/mol. The number of fused-ring (bicyclic) bond motifs is 1. The van der Waals surface area contributed by atoms with Crippen LogP contribution in [-0.2, 0) is 25.2 Å². The summed E-state index contributed by atoms with van der Waals surface area (Å²) in [4.78, 5) is 0. The van der Waals surface area contributed by atoms with Gasteiger partial charge < -0.3 is 0 Å². The maximum absolute atomic E-state index is 2.90. The molecular weight excluding hydrogens is 309 g/mol. The van der Waals surface area contributed by atoms with Gasteiger partial charge in [0.15, 0.2) is 0 Å². The summed E-state index contributed by atoms with van der Waals surface area (Å²) in [6.07, 6.45) is 5.76. The van der Waals surface area contributed by atoms with E-state index >= 15 is 0 Å². The Labute approximate surface area is 135 Å². The Balaban J connectivity index is 1.95. The molecule has 0 spiro atoms. The lowest BCUT2D eigenvalue weighted by molar-refractivity contribution is 0.639. The van der Waals surface area contributed by atoms with Crippen molar-refractivity contribution >= 4 is 27.7 Å². The van der Waals surface area contributed by atoms with E-state index in [2.05, 4.69) is 64.1 Å². The van der Waals surface area contributed by atoms with Gasteiger partial charge in [0.2, 0.25) is 0 Å². The molecule has 0 N–H and O–H groups in total. The van der Waals surface area contributed by atoms with E-state index in [1.54, 1.807) is 11.1 Å². The molecule has 2 aromatic carbocycles. The SMILES string of the molecule is PCc1ccc(-c2ccc3c(c2)CC(CP)C3)cc1CP. The van der Waals surface area contributed by atoms with E-state index in [-0.39, 0.29) is 0 Å². The van der Waals surface area contributed by atoms with Crippen LogP contribution in [0.3, 0.4) is 0 Å². The third kappa shape index (κ3) is 3.24. The molecule has 110 valence electrons. The zero-order valence-corrected chi connectivity index (χ0v) is 15.8. The van der Waals surface area contributed by atoms with Gasteiger partial charge in [-0.2, -0.15) is 0 Å². The number of rotatable bonds is 4. The maximum Gasteiger partial charge on any atom is -0.0125 e. The Hall–Kier alpha value is -0.270. The van der Waals surface area contributed by atoms with Crippen molar-refractivity contribution in [2.45, 2.75) is 25.2 Å². The Morgan fingerprint density at radius 2 is 1.43 bits per heavy atom. The van der Waals surface area contributed by atoms with Crippen molar-refractivity contribution in [3.05, 3.63) is 58.7 Å². The summed E-state index contributed by atoms with van der Waals surface area (Å²) < 4.78 is 0. The maximum atomic E-state index is 2.90. The molecule has 0 saturated carbocycles. The molecule has 0 amide bonds. The highest BCUT2D eigenvalue weighted by molar-refractivity contribution is 7.16. The molecule has 0 nitrogen and oxygen atoms in total. The van der Waals surface area contributed by atoms with Gasteiger partial charge in [-0.25, -0.2) is 0 Å². The summed E-state index contributed by atoms with van der Waals surface area (Å²) in [5.41, 5.74) is 8.71. The third-order valence-corrected chi connectivity index (χ3v) is 6.08. The molecule has 0 saturated heterocycles. The molecule has 0 radical (unpaired) electrons. The van der Waals surface area contributed by atoms with Gasteiger partial charge in [0.05, 0.1) is 0 Å². The fraction of sp³-hybridized carbons (Fsp3) is 0.333. The van der Waals surface area contributed by atoms with Gasteiger partial charge in [-0.1, -0.05) is 36.4 Å². The molecule has 0 bridgehead atoms. The highest BCUT2D eigenvalue weighted by Gasteiger charge is 2.20. The molecule has 21 heavy (non-hydrogen) atoms. The molecule has 4 atom stereocenters. The first kappa shape index (κ1) is 15.6. The minimum absolute atomic E-state index is 0.822. The Morgan fingerprint density at radius 1 is 0.762 bits per heavy atom. The van der Waals surface area contributed by atoms with Crippen molar-refractivity contribution in [2.24, 2.45) is 5.92 Å². The van der Waals surface area contributed by atoms with Gasteiger partial charge in [0, 0.05) is 0 Å². The van der Waals surface area contributed by atoms with Crippen LogP contribution in [0.15, 0.2) is 36.4 Å². The number of hydrogen-bond acceptors (Lipinski definition) is 0. The lowest BCUT2D eigenvalue weighted by atomic mass is 9.97. The first-order valence-electron chi connectivity index (χ1n) is 7.59. The van der Waals surface area contributed by atoms with Gasteiger partial charge in [0.1, 0.15) is 0 Å². The lowest BCUT2D eigenvalue weighted by Gasteiger charge is -2.10. The van der Waals surface area contributed by atoms with Crippen LogP contribution >= 0.6 is 27.7 Å². The van der Waals surface area contributed by atoms with Crippen molar-refractivity contribution in [3.63, 3.8) is 0 Å². The van der Waals surface area contributed by atoms with E-state index in [0.717, 1.165) is 18.2 Å². The molecule has 0 fully saturated rings. The molecule has 1 aliphatic rings. The van der Waals surface area contributed by atoms with Gasteiger partial charge in [-0.15, -0.1) is 27.7 Å². The summed E-state index contributed by atoms with van der Waals surface area (Å²) in [6.45, 7) is 0. The molecule has 3 rings (SSSR count). The van der Waals surface area contributed by atoms with E-state index < -0.39 is 0 Å². The zero-order valence-electron chi connectivity index (χ0n) is 12.3. The first-order chi connectivity index (χ1) is 10.2. The van der Waals surface area contributed by atoms with Gasteiger partial charge in [-0.05, 0) is 70.6 Å². The van der Waals surface area contributed by atoms with Crippen LogP contribution in [0.5, 0.6) is 0 Å². The Kier molecular flexibility index (Phi) is 5.11. The molecule has 0 aromatic heterocycles. The van der Waals surface area contributed by atoms with Crippen LogP contribution in [0.25, 0.3) is 11.1 Å². The van der Waals surface area contributed by atoms with Crippen molar-refractivity contribution in [2.75, 3.05) is 6.16 Å². The second-order valence-electron chi connectivity index (χ2n) is 5.89. The molecule has 3 heteroatoms. The quantitative estimate of drug-likeness (QED) is 0.712. The van der Waals surface area contributed by atoms with Crippen LogP contribution in [-0.4, -0.2) is 6.16 Å². The normalized spacial score (nSPS) is 17.0. The average molecular weight is 332 g/mol. The number of hydrogen-bond donors (Lipinski definition) is 0. The smallest absolute Gasteiger partial charge is 0.0125 e. The van der Waals surface area contributed by atoms with Crippen molar-refractivity contribution in [1.82, 2.24) is 0 Å². The van der Waals surface area contributed by atoms with E-state index in [1.807, 2.05) is 0 Å². The Bertz CT molecular complexity index is 649. The standard InChI is InChI=1S/C18H23P3/c19-9-12-5-13-1-2-14(7-17(13)6-12)15-3-4-16(10-20)18(8-15)11-21/h1-4,7-8,12H,5-6,9-11,19-21H2. The highest BCUT2D eigenvalue weighted by atomic mass is 31.0. The highest BCUT2D eigenvalue weighted by Crippen LogP contribution is 2.32. The molecule has 2 aromatic rings. The van der Waals surface area contributed by atoms with Crippen LogP contribution in [0.1, 0.15) is 22.3 Å². The predicted molar refractivity (Wildman–Crippen MR) is 104 cm³/mol. The summed E-state index contributed by atoms with van der Waals surface area (Å²) in [5, 5.41) is 0. The molecule has 0 aliphatic heterocycles. The van der Waals surface area contributed by atoms with Crippen LogP contribution < -0.4 is 0 Å². The fourth-order valence-corrected chi connectivity index (χ4v) is 4.36. The third-order valence-electron chi connectivity index (χ3n) is 4.54. The largest absolute Gasteiger partial charge is 0.137 e. The Morgan fingerprint density at radius 3 is 2.14 bits per heavy atom. The van der Waals surface area contributed by atoms with Crippen LogP contribution in [0.4, 0.5) is 0 Å². The van der Waals surface area contributed by atoms with E-state index in [9.17, 15) is 0 Å². The summed E-state index contributed by atoms with van der Waals surface area (Å²) in [5.74, 6) is 0.822.